The van der Waals surface area contributed by atoms with Gasteiger partial charge in [-0.2, -0.15) is 0 Å². The topological polar surface area (TPSA) is 90.4 Å². The number of nitrogens with two attached hydrogens (primary N) is 1. The zero-order valence-electron chi connectivity index (χ0n) is 20.8. The lowest BCUT2D eigenvalue weighted by molar-refractivity contribution is -0.143. The first-order chi connectivity index (χ1) is 17.5. The number of aryl methyl sites for hydroxylation is 1. The molecular weight excluding hydrogens is 452 g/mol. The molecule has 0 radical (unpaired) electrons. The molecule has 2 heterocycles. The molecule has 1 saturated heterocycles. The van der Waals surface area contributed by atoms with Crippen LogP contribution in [0, 0.1) is 5.92 Å². The molecule has 1 aliphatic heterocycles. The molecule has 0 spiro atoms. The molecule has 2 amide bonds. The molecule has 0 bridgehead atoms. The van der Waals surface area contributed by atoms with Gasteiger partial charge in [0.05, 0.1) is 19.1 Å². The summed E-state index contributed by atoms with van der Waals surface area (Å²) in [5.74, 6) is 1.31. The molecule has 2 N–H and O–H groups in total. The van der Waals surface area contributed by atoms with E-state index in [1.54, 1.807) is 13.4 Å². The van der Waals surface area contributed by atoms with Crippen molar-refractivity contribution < 1.29 is 14.3 Å². The van der Waals surface area contributed by atoms with Crippen molar-refractivity contribution in [1.29, 1.82) is 0 Å². The maximum absolute atomic E-state index is 13.9. The quantitative estimate of drug-likeness (QED) is 0.448. The fourth-order valence-electron chi connectivity index (χ4n) is 5.38. The molecule has 7 nitrogen and oxygen atoms in total. The van der Waals surface area contributed by atoms with Gasteiger partial charge in [-0.25, -0.2) is 4.98 Å². The van der Waals surface area contributed by atoms with E-state index in [2.05, 4.69) is 35.3 Å². The van der Waals surface area contributed by atoms with Crippen molar-refractivity contribution in [3.05, 3.63) is 83.9 Å². The Balaban J connectivity index is 1.36. The maximum Gasteiger partial charge on any atom is 0.246 e. The molecule has 2 aromatic carbocycles. The fraction of sp³-hybridized carbons (Fsp3) is 0.414. The zero-order valence-corrected chi connectivity index (χ0v) is 20.8. The van der Waals surface area contributed by atoms with E-state index in [0.29, 0.717) is 12.8 Å². The van der Waals surface area contributed by atoms with Gasteiger partial charge >= 0.3 is 0 Å². The summed E-state index contributed by atoms with van der Waals surface area (Å²) in [4.78, 5) is 31.6. The number of methoxy groups -OCH3 is 1. The van der Waals surface area contributed by atoms with Crippen LogP contribution in [0.15, 0.2) is 67.1 Å². The molecule has 1 aliphatic carbocycles. The Morgan fingerprint density at radius 3 is 2.47 bits per heavy atom. The second-order valence-electron chi connectivity index (χ2n) is 10.3. The number of benzene rings is 2. The van der Waals surface area contributed by atoms with Gasteiger partial charge in [0.15, 0.2) is 0 Å². The summed E-state index contributed by atoms with van der Waals surface area (Å²) in [6.45, 7) is 1.49. The number of amides is 2. The first-order valence-corrected chi connectivity index (χ1v) is 12.7. The minimum atomic E-state index is -0.414. The van der Waals surface area contributed by atoms with Crippen LogP contribution in [0.3, 0.4) is 0 Å². The number of imidazole rings is 1. The molecule has 1 aromatic heterocycles. The number of ether oxygens (including phenoxy) is 1. The molecule has 2 aliphatic rings. The first kappa shape index (κ1) is 24.1. The van der Waals surface area contributed by atoms with Crippen molar-refractivity contribution in [2.45, 2.75) is 50.0 Å². The van der Waals surface area contributed by atoms with E-state index in [4.69, 9.17) is 10.5 Å². The Morgan fingerprint density at radius 2 is 1.83 bits per heavy atom. The number of carbonyl (C=O) groups is 2. The Kier molecular flexibility index (Phi) is 6.81. The van der Waals surface area contributed by atoms with Crippen molar-refractivity contribution in [3.8, 4) is 5.75 Å². The number of likely N-dealkylation sites (tertiary alicyclic amines) is 1. The lowest BCUT2D eigenvalue weighted by Gasteiger charge is -2.52. The lowest BCUT2D eigenvalue weighted by atomic mass is 9.69. The highest BCUT2D eigenvalue weighted by atomic mass is 16.5. The Labute approximate surface area is 212 Å². The number of nitrogens with zero attached hydrogens (tertiary/aromatic N) is 3. The largest absolute Gasteiger partial charge is 0.497 e. The Bertz CT molecular complexity index is 1190. The van der Waals surface area contributed by atoms with E-state index >= 15 is 0 Å². The van der Waals surface area contributed by atoms with Gasteiger partial charge in [-0.3, -0.25) is 9.59 Å². The highest BCUT2D eigenvalue weighted by Crippen LogP contribution is 2.47. The molecule has 0 unspecified atom stereocenters. The van der Waals surface area contributed by atoms with Gasteiger partial charge in [0.1, 0.15) is 11.8 Å². The predicted molar refractivity (Wildman–Crippen MR) is 138 cm³/mol. The second-order valence-corrected chi connectivity index (χ2v) is 10.3. The van der Waals surface area contributed by atoms with Crippen LogP contribution >= 0.6 is 0 Å². The number of rotatable bonds is 11. The van der Waals surface area contributed by atoms with E-state index in [0.717, 1.165) is 42.4 Å². The summed E-state index contributed by atoms with van der Waals surface area (Å²) < 4.78 is 7.19. The average molecular weight is 487 g/mol. The van der Waals surface area contributed by atoms with Crippen LogP contribution < -0.4 is 10.5 Å². The van der Waals surface area contributed by atoms with Gasteiger partial charge in [-0.15, -0.1) is 0 Å². The molecular formula is C29H34N4O3. The van der Waals surface area contributed by atoms with Crippen molar-refractivity contribution in [3.63, 3.8) is 0 Å². The van der Waals surface area contributed by atoms with E-state index < -0.39 is 6.04 Å². The third kappa shape index (κ3) is 5.30. The van der Waals surface area contributed by atoms with Gasteiger partial charge in [0, 0.05) is 37.5 Å². The SMILES string of the molecule is COc1ccc(C[C@H](C(=O)N2CC(CC3CC3)(c3ccccc3)C2)n2cnc(CCC(N)=O)c2)cc1. The smallest absolute Gasteiger partial charge is 0.246 e. The second kappa shape index (κ2) is 10.2. The van der Waals surface area contributed by atoms with Crippen LogP contribution in [0.25, 0.3) is 0 Å². The molecule has 1 atom stereocenters. The highest BCUT2D eigenvalue weighted by molar-refractivity contribution is 5.82. The fourth-order valence-corrected chi connectivity index (χ4v) is 5.38. The lowest BCUT2D eigenvalue weighted by Crippen LogP contribution is -2.62. The van der Waals surface area contributed by atoms with Crippen molar-refractivity contribution in [2.24, 2.45) is 11.7 Å². The van der Waals surface area contributed by atoms with Gasteiger partial charge in [0.25, 0.3) is 0 Å². The molecule has 1 saturated carbocycles. The summed E-state index contributed by atoms with van der Waals surface area (Å²) in [5.41, 5.74) is 8.51. The van der Waals surface area contributed by atoms with Crippen LogP contribution in [-0.4, -0.2) is 46.5 Å². The van der Waals surface area contributed by atoms with E-state index in [-0.39, 0.29) is 23.7 Å². The molecule has 7 heteroatoms. The van der Waals surface area contributed by atoms with Crippen LogP contribution in [0.4, 0.5) is 0 Å². The summed E-state index contributed by atoms with van der Waals surface area (Å²) in [6.07, 6.45) is 8.57. The number of primary amides is 1. The van der Waals surface area contributed by atoms with Gasteiger partial charge in [0.2, 0.25) is 11.8 Å². The van der Waals surface area contributed by atoms with Crippen molar-refractivity contribution in [1.82, 2.24) is 14.5 Å². The van der Waals surface area contributed by atoms with Crippen molar-refractivity contribution >= 4 is 11.8 Å². The minimum absolute atomic E-state index is 0.0460. The third-order valence-corrected chi connectivity index (χ3v) is 7.58. The molecule has 36 heavy (non-hydrogen) atoms. The average Bonchev–Trinajstić information content (AvgIpc) is 3.57. The van der Waals surface area contributed by atoms with Gasteiger partial charge in [-0.1, -0.05) is 55.3 Å². The third-order valence-electron chi connectivity index (χ3n) is 7.58. The highest BCUT2D eigenvalue weighted by Gasteiger charge is 2.50. The molecule has 188 valence electrons. The molecule has 5 rings (SSSR count). The molecule has 2 fully saturated rings. The van der Waals surface area contributed by atoms with Crippen molar-refractivity contribution in [2.75, 3.05) is 20.2 Å². The van der Waals surface area contributed by atoms with Crippen LogP contribution in [0.2, 0.25) is 0 Å². The van der Waals surface area contributed by atoms with Gasteiger partial charge in [-0.05, 0) is 42.0 Å². The number of carbonyl (C=O) groups excluding carboxylic acids is 2. The normalized spacial score (nSPS) is 17.3. The zero-order chi connectivity index (χ0) is 25.1. The molecule has 3 aromatic rings. The summed E-state index contributed by atoms with van der Waals surface area (Å²) in [7, 11) is 1.64. The predicted octanol–water partition coefficient (Wildman–Crippen LogP) is 3.67. The van der Waals surface area contributed by atoms with E-state index in [9.17, 15) is 9.59 Å². The van der Waals surface area contributed by atoms with Gasteiger partial charge < -0.3 is 19.9 Å². The Hall–Kier alpha value is -3.61. The Morgan fingerprint density at radius 1 is 1.11 bits per heavy atom. The summed E-state index contributed by atoms with van der Waals surface area (Å²) in [5, 5.41) is 0. The summed E-state index contributed by atoms with van der Waals surface area (Å²) in [6, 6.07) is 18.1. The van der Waals surface area contributed by atoms with Crippen LogP contribution in [-0.2, 0) is 27.8 Å². The standard InChI is InChI=1S/C29H34N4O3/c1-36-25-12-9-21(10-13-25)15-26(32-17-24(31-20-32)11-14-27(30)34)28(35)33-18-29(19-33,16-22-7-8-22)23-5-3-2-4-6-23/h2-6,9-10,12-13,17,20,22,26H,7-8,11,14-16,18-19H2,1H3,(H2,30,34)/t26-/m1/s1. The minimum Gasteiger partial charge on any atom is -0.497 e. The number of aromatic nitrogens is 2. The van der Waals surface area contributed by atoms with Crippen LogP contribution in [0.5, 0.6) is 5.75 Å². The van der Waals surface area contributed by atoms with Crippen LogP contribution in [0.1, 0.15) is 48.5 Å². The number of hydrogen-bond acceptors (Lipinski definition) is 4. The van der Waals surface area contributed by atoms with E-state index in [1.807, 2.05) is 39.9 Å². The van der Waals surface area contributed by atoms with E-state index in [1.165, 1.54) is 18.4 Å². The maximum atomic E-state index is 13.9. The number of hydrogen-bond donors (Lipinski definition) is 1. The summed E-state index contributed by atoms with van der Waals surface area (Å²) >= 11 is 0. The monoisotopic (exact) mass is 486 g/mol. The first-order valence-electron chi connectivity index (χ1n) is 12.7.